The van der Waals surface area contributed by atoms with E-state index in [1.54, 1.807) is 6.26 Å². The number of hydrogen-bond donors (Lipinski definition) is 1. The topological polar surface area (TPSA) is 28.4 Å². The first-order valence-corrected chi connectivity index (χ1v) is 6.82. The van der Waals surface area contributed by atoms with Crippen molar-refractivity contribution < 1.29 is 4.42 Å². The summed E-state index contributed by atoms with van der Waals surface area (Å²) >= 11 is 0. The van der Waals surface area contributed by atoms with E-state index in [-0.39, 0.29) is 0 Å². The zero-order chi connectivity index (χ0) is 11.7. The van der Waals surface area contributed by atoms with Crippen LogP contribution < -0.4 is 5.32 Å². The SMILES string of the molecule is CN1C(c2ccco2)CNCC2CCCCC21. The number of nitrogens with zero attached hydrogens (tertiary/aromatic N) is 1. The van der Waals surface area contributed by atoms with E-state index in [1.165, 1.54) is 32.2 Å². The van der Waals surface area contributed by atoms with Crippen LogP contribution in [0.2, 0.25) is 0 Å². The predicted molar refractivity (Wildman–Crippen MR) is 67.8 cm³/mol. The molecule has 0 spiro atoms. The summed E-state index contributed by atoms with van der Waals surface area (Å²) in [7, 11) is 2.27. The van der Waals surface area contributed by atoms with Crippen molar-refractivity contribution in [1.82, 2.24) is 10.2 Å². The molecule has 1 saturated carbocycles. The molecule has 3 unspecified atom stereocenters. The Kier molecular flexibility index (Phi) is 3.21. The number of hydrogen-bond acceptors (Lipinski definition) is 3. The Morgan fingerprint density at radius 2 is 2.18 bits per heavy atom. The zero-order valence-corrected chi connectivity index (χ0v) is 10.6. The van der Waals surface area contributed by atoms with Crippen molar-refractivity contribution in [2.24, 2.45) is 5.92 Å². The lowest BCUT2D eigenvalue weighted by Crippen LogP contribution is -2.41. The van der Waals surface area contributed by atoms with Gasteiger partial charge in [0.25, 0.3) is 0 Å². The van der Waals surface area contributed by atoms with Crippen LogP contribution in [0.3, 0.4) is 0 Å². The maximum atomic E-state index is 5.60. The molecule has 1 aromatic heterocycles. The number of furan rings is 1. The average molecular weight is 234 g/mol. The second kappa shape index (κ2) is 4.83. The number of nitrogens with one attached hydrogen (secondary N) is 1. The van der Waals surface area contributed by atoms with Gasteiger partial charge in [0.2, 0.25) is 0 Å². The van der Waals surface area contributed by atoms with E-state index in [1.807, 2.05) is 6.07 Å². The van der Waals surface area contributed by atoms with Gasteiger partial charge >= 0.3 is 0 Å². The van der Waals surface area contributed by atoms with Gasteiger partial charge in [-0.15, -0.1) is 0 Å². The fraction of sp³-hybridized carbons (Fsp3) is 0.714. The lowest BCUT2D eigenvalue weighted by molar-refractivity contribution is 0.102. The van der Waals surface area contributed by atoms with E-state index in [0.29, 0.717) is 6.04 Å². The largest absolute Gasteiger partial charge is 0.468 e. The molecule has 2 fully saturated rings. The molecule has 1 N–H and O–H groups in total. The van der Waals surface area contributed by atoms with Crippen LogP contribution in [0.15, 0.2) is 22.8 Å². The molecule has 0 bridgehead atoms. The minimum Gasteiger partial charge on any atom is -0.468 e. The van der Waals surface area contributed by atoms with Gasteiger partial charge in [-0.2, -0.15) is 0 Å². The van der Waals surface area contributed by atoms with Crippen LogP contribution in [-0.2, 0) is 0 Å². The summed E-state index contributed by atoms with van der Waals surface area (Å²) in [5, 5.41) is 3.61. The van der Waals surface area contributed by atoms with E-state index in [2.05, 4.69) is 23.3 Å². The molecule has 1 aromatic rings. The van der Waals surface area contributed by atoms with Gasteiger partial charge in [-0.05, 0) is 44.5 Å². The fourth-order valence-corrected chi connectivity index (χ4v) is 3.53. The molecule has 94 valence electrons. The number of rotatable bonds is 1. The van der Waals surface area contributed by atoms with Crippen molar-refractivity contribution in [3.05, 3.63) is 24.2 Å². The Balaban J connectivity index is 1.82. The van der Waals surface area contributed by atoms with Gasteiger partial charge in [0, 0.05) is 12.6 Å². The summed E-state index contributed by atoms with van der Waals surface area (Å²) in [6, 6.07) is 5.23. The Morgan fingerprint density at radius 1 is 1.29 bits per heavy atom. The predicted octanol–water partition coefficient (Wildman–Crippen LogP) is 2.41. The molecule has 3 atom stereocenters. The average Bonchev–Trinajstić information content (AvgIpc) is 2.83. The third-order valence-electron chi connectivity index (χ3n) is 4.50. The maximum Gasteiger partial charge on any atom is 0.122 e. The van der Waals surface area contributed by atoms with Crippen LogP contribution in [0.1, 0.15) is 37.5 Å². The van der Waals surface area contributed by atoms with Crippen molar-refractivity contribution in [2.45, 2.75) is 37.8 Å². The van der Waals surface area contributed by atoms with Gasteiger partial charge in [0.15, 0.2) is 0 Å². The minimum atomic E-state index is 0.401. The van der Waals surface area contributed by atoms with Crippen molar-refractivity contribution >= 4 is 0 Å². The normalized spacial score (nSPS) is 35.2. The third kappa shape index (κ3) is 2.14. The Bertz CT molecular complexity index is 349. The van der Waals surface area contributed by atoms with Crippen LogP contribution >= 0.6 is 0 Å². The van der Waals surface area contributed by atoms with E-state index in [0.717, 1.165) is 24.3 Å². The van der Waals surface area contributed by atoms with E-state index in [4.69, 9.17) is 4.42 Å². The molecule has 0 radical (unpaired) electrons. The van der Waals surface area contributed by atoms with Crippen molar-refractivity contribution in [3.63, 3.8) is 0 Å². The standard InChI is InChI=1S/C14H22N2O/c1-16-12-6-3-2-5-11(12)9-15-10-13(16)14-7-4-8-17-14/h4,7-8,11-13,15H,2-3,5-6,9-10H2,1H3. The van der Waals surface area contributed by atoms with Crippen molar-refractivity contribution in [2.75, 3.05) is 20.1 Å². The van der Waals surface area contributed by atoms with E-state index < -0.39 is 0 Å². The fourth-order valence-electron chi connectivity index (χ4n) is 3.53. The van der Waals surface area contributed by atoms with Gasteiger partial charge in [-0.1, -0.05) is 12.8 Å². The van der Waals surface area contributed by atoms with Gasteiger partial charge in [-0.25, -0.2) is 0 Å². The smallest absolute Gasteiger partial charge is 0.122 e. The molecule has 3 rings (SSSR count). The lowest BCUT2D eigenvalue weighted by Gasteiger charge is -2.38. The maximum absolute atomic E-state index is 5.60. The van der Waals surface area contributed by atoms with Gasteiger partial charge in [0.1, 0.15) is 5.76 Å². The lowest BCUT2D eigenvalue weighted by atomic mass is 9.83. The van der Waals surface area contributed by atoms with Gasteiger partial charge < -0.3 is 9.73 Å². The van der Waals surface area contributed by atoms with E-state index >= 15 is 0 Å². The molecule has 1 aliphatic heterocycles. The number of fused-ring (bicyclic) bond motifs is 1. The molecule has 3 nitrogen and oxygen atoms in total. The van der Waals surface area contributed by atoms with Crippen LogP contribution in [0.5, 0.6) is 0 Å². The Hall–Kier alpha value is -0.800. The minimum absolute atomic E-state index is 0.401. The summed E-state index contributed by atoms with van der Waals surface area (Å²) in [6.07, 6.45) is 7.30. The molecular formula is C14H22N2O. The molecule has 0 aromatic carbocycles. The molecule has 3 heteroatoms. The van der Waals surface area contributed by atoms with Gasteiger partial charge in [-0.3, -0.25) is 4.90 Å². The third-order valence-corrected chi connectivity index (χ3v) is 4.50. The summed E-state index contributed by atoms with van der Waals surface area (Å²) in [5.74, 6) is 1.93. The summed E-state index contributed by atoms with van der Waals surface area (Å²) in [6.45, 7) is 2.18. The highest BCUT2D eigenvalue weighted by atomic mass is 16.3. The first-order valence-electron chi connectivity index (χ1n) is 6.82. The highest BCUT2D eigenvalue weighted by molar-refractivity contribution is 5.07. The highest BCUT2D eigenvalue weighted by Gasteiger charge is 2.35. The van der Waals surface area contributed by atoms with E-state index in [9.17, 15) is 0 Å². The Labute approximate surface area is 103 Å². The molecule has 0 amide bonds. The molecule has 2 heterocycles. The monoisotopic (exact) mass is 234 g/mol. The molecule has 17 heavy (non-hydrogen) atoms. The first kappa shape index (κ1) is 11.3. The number of likely N-dealkylation sites (N-methyl/N-ethyl adjacent to an activating group) is 1. The van der Waals surface area contributed by atoms with Crippen molar-refractivity contribution in [1.29, 1.82) is 0 Å². The molecule has 1 aliphatic carbocycles. The summed E-state index contributed by atoms with van der Waals surface area (Å²) in [5.41, 5.74) is 0. The van der Waals surface area contributed by atoms with Crippen LogP contribution in [0.4, 0.5) is 0 Å². The zero-order valence-electron chi connectivity index (χ0n) is 10.6. The quantitative estimate of drug-likeness (QED) is 0.809. The van der Waals surface area contributed by atoms with Gasteiger partial charge in [0.05, 0.1) is 12.3 Å². The second-order valence-electron chi connectivity index (χ2n) is 5.47. The summed E-state index contributed by atoms with van der Waals surface area (Å²) in [4.78, 5) is 2.54. The van der Waals surface area contributed by atoms with Crippen LogP contribution in [0.25, 0.3) is 0 Å². The van der Waals surface area contributed by atoms with Crippen LogP contribution in [0, 0.1) is 5.92 Å². The summed E-state index contributed by atoms with van der Waals surface area (Å²) < 4.78 is 5.60. The second-order valence-corrected chi connectivity index (χ2v) is 5.47. The van der Waals surface area contributed by atoms with Crippen LogP contribution in [-0.4, -0.2) is 31.1 Å². The highest BCUT2D eigenvalue weighted by Crippen LogP contribution is 2.34. The first-order chi connectivity index (χ1) is 8.36. The molecular weight excluding hydrogens is 212 g/mol. The van der Waals surface area contributed by atoms with Crippen molar-refractivity contribution in [3.8, 4) is 0 Å². The molecule has 1 saturated heterocycles. The Morgan fingerprint density at radius 3 is 3.00 bits per heavy atom. The molecule has 2 aliphatic rings.